The molecule has 120 valence electrons. The van der Waals surface area contributed by atoms with Gasteiger partial charge in [0, 0.05) is 0 Å². The molecule has 0 aliphatic carbocycles. The average molecular weight is 312 g/mol. The first-order valence-electron chi connectivity index (χ1n) is 7.48. The maximum absolute atomic E-state index is 11.8. The van der Waals surface area contributed by atoms with Gasteiger partial charge in [0.15, 0.2) is 0 Å². The van der Waals surface area contributed by atoms with Gasteiger partial charge in [-0.1, -0.05) is 48.5 Å². The number of carbonyl (C=O) groups is 2. The summed E-state index contributed by atoms with van der Waals surface area (Å²) in [7, 11) is 0. The van der Waals surface area contributed by atoms with Gasteiger partial charge in [0.25, 0.3) is 0 Å². The highest BCUT2D eigenvalue weighted by Crippen LogP contribution is 2.10. The Hall–Kier alpha value is -2.82. The first-order chi connectivity index (χ1) is 11.2. The van der Waals surface area contributed by atoms with Crippen LogP contribution in [0.15, 0.2) is 60.7 Å². The van der Waals surface area contributed by atoms with E-state index in [-0.39, 0.29) is 12.6 Å². The lowest BCUT2D eigenvalue weighted by atomic mass is 10.1. The van der Waals surface area contributed by atoms with Crippen LogP contribution in [0.2, 0.25) is 0 Å². The summed E-state index contributed by atoms with van der Waals surface area (Å²) >= 11 is 0. The van der Waals surface area contributed by atoms with Gasteiger partial charge in [-0.25, -0.2) is 0 Å². The smallest absolute Gasteiger partial charge is 0.309 e. The summed E-state index contributed by atoms with van der Waals surface area (Å²) in [6.45, 7) is 2.40. The van der Waals surface area contributed by atoms with Gasteiger partial charge in [-0.2, -0.15) is 0 Å². The van der Waals surface area contributed by atoms with Crippen molar-refractivity contribution in [3.05, 3.63) is 66.2 Å². The van der Waals surface area contributed by atoms with E-state index in [0.29, 0.717) is 6.61 Å². The zero-order valence-electron chi connectivity index (χ0n) is 13.0. The van der Waals surface area contributed by atoms with Crippen LogP contribution < -0.4 is 15.4 Å². The van der Waals surface area contributed by atoms with Crippen LogP contribution in [-0.2, 0) is 9.59 Å². The molecule has 1 atom stereocenters. The number of rotatable bonds is 6. The van der Waals surface area contributed by atoms with Gasteiger partial charge in [0.2, 0.25) is 0 Å². The summed E-state index contributed by atoms with van der Waals surface area (Å²) in [6.07, 6.45) is 0. The topological polar surface area (TPSA) is 67.4 Å². The van der Waals surface area contributed by atoms with E-state index in [4.69, 9.17) is 4.74 Å². The zero-order valence-corrected chi connectivity index (χ0v) is 13.0. The van der Waals surface area contributed by atoms with Gasteiger partial charge in [0.1, 0.15) is 12.4 Å². The Kier molecular flexibility index (Phi) is 6.17. The molecule has 23 heavy (non-hydrogen) atoms. The van der Waals surface area contributed by atoms with Crippen molar-refractivity contribution in [1.29, 1.82) is 0 Å². The van der Waals surface area contributed by atoms with E-state index in [1.807, 2.05) is 67.6 Å². The molecular weight excluding hydrogens is 292 g/mol. The van der Waals surface area contributed by atoms with E-state index < -0.39 is 11.8 Å². The Morgan fingerprint density at radius 1 is 0.957 bits per heavy atom. The summed E-state index contributed by atoms with van der Waals surface area (Å²) in [6, 6.07) is 18.5. The van der Waals surface area contributed by atoms with Crippen LogP contribution in [-0.4, -0.2) is 25.0 Å². The molecule has 0 saturated carbocycles. The second-order valence-corrected chi connectivity index (χ2v) is 5.02. The lowest BCUT2D eigenvalue weighted by Crippen LogP contribution is -2.42. The molecule has 5 heteroatoms. The standard InChI is InChI=1S/C18H20N2O3/c1-14(15-8-4-2-5-9-15)20-18(22)17(21)19-12-13-23-16-10-6-3-7-11-16/h2-11,14H,12-13H2,1H3,(H,19,21)(H,20,22). The lowest BCUT2D eigenvalue weighted by Gasteiger charge is -2.14. The summed E-state index contributed by atoms with van der Waals surface area (Å²) in [5.41, 5.74) is 0.945. The fourth-order valence-corrected chi connectivity index (χ4v) is 2.02. The van der Waals surface area contributed by atoms with Crippen molar-refractivity contribution in [1.82, 2.24) is 10.6 Å². The summed E-state index contributed by atoms with van der Waals surface area (Å²) in [5, 5.41) is 5.20. The number of carbonyl (C=O) groups excluding carboxylic acids is 2. The van der Waals surface area contributed by atoms with Crippen molar-refractivity contribution in [2.75, 3.05) is 13.2 Å². The molecule has 0 aliphatic heterocycles. The second kappa shape index (κ2) is 8.58. The molecule has 5 nitrogen and oxygen atoms in total. The predicted molar refractivity (Wildman–Crippen MR) is 87.9 cm³/mol. The maximum atomic E-state index is 11.8. The Labute approximate surface area is 135 Å². The van der Waals surface area contributed by atoms with E-state index >= 15 is 0 Å². The number of para-hydroxylation sites is 1. The number of hydrogen-bond acceptors (Lipinski definition) is 3. The molecule has 0 spiro atoms. The molecule has 2 rings (SSSR count). The van der Waals surface area contributed by atoms with Crippen LogP contribution in [0.4, 0.5) is 0 Å². The molecule has 2 aromatic rings. The molecule has 0 heterocycles. The van der Waals surface area contributed by atoms with Gasteiger partial charge >= 0.3 is 11.8 Å². The van der Waals surface area contributed by atoms with E-state index in [0.717, 1.165) is 11.3 Å². The molecule has 2 aromatic carbocycles. The highest BCUT2D eigenvalue weighted by molar-refractivity contribution is 6.35. The molecule has 0 saturated heterocycles. The molecular formula is C18H20N2O3. The first kappa shape index (κ1) is 16.5. The normalized spacial score (nSPS) is 11.3. The van der Waals surface area contributed by atoms with Gasteiger partial charge in [-0.05, 0) is 24.6 Å². The minimum atomic E-state index is -0.663. The molecule has 2 amide bonds. The highest BCUT2D eigenvalue weighted by atomic mass is 16.5. The number of benzene rings is 2. The van der Waals surface area contributed by atoms with Crippen LogP contribution in [0.3, 0.4) is 0 Å². The van der Waals surface area contributed by atoms with E-state index in [1.165, 1.54) is 0 Å². The van der Waals surface area contributed by atoms with Crippen molar-refractivity contribution in [3.63, 3.8) is 0 Å². The highest BCUT2D eigenvalue weighted by Gasteiger charge is 2.16. The monoisotopic (exact) mass is 312 g/mol. The van der Waals surface area contributed by atoms with Gasteiger partial charge in [0.05, 0.1) is 12.6 Å². The summed E-state index contributed by atoms with van der Waals surface area (Å²) < 4.78 is 5.44. The third-order valence-electron chi connectivity index (χ3n) is 3.25. The van der Waals surface area contributed by atoms with Gasteiger partial charge in [-0.15, -0.1) is 0 Å². The van der Waals surface area contributed by atoms with Crippen LogP contribution in [0.5, 0.6) is 5.75 Å². The molecule has 0 bridgehead atoms. The second-order valence-electron chi connectivity index (χ2n) is 5.02. The molecule has 0 radical (unpaired) electrons. The molecule has 0 fully saturated rings. The van der Waals surface area contributed by atoms with E-state index in [1.54, 1.807) is 0 Å². The summed E-state index contributed by atoms with van der Waals surface area (Å²) in [5.74, 6) is -0.589. The van der Waals surface area contributed by atoms with Crippen molar-refractivity contribution in [3.8, 4) is 5.75 Å². The van der Waals surface area contributed by atoms with Gasteiger partial charge in [-0.3, -0.25) is 9.59 Å². The fourth-order valence-electron chi connectivity index (χ4n) is 2.02. The number of nitrogens with one attached hydrogen (secondary N) is 2. The Morgan fingerprint density at radius 3 is 2.22 bits per heavy atom. The third kappa shape index (κ3) is 5.47. The minimum Gasteiger partial charge on any atom is -0.492 e. The largest absolute Gasteiger partial charge is 0.492 e. The number of amides is 2. The Balaban J connectivity index is 1.70. The van der Waals surface area contributed by atoms with Crippen molar-refractivity contribution in [2.24, 2.45) is 0 Å². The lowest BCUT2D eigenvalue weighted by molar-refractivity contribution is -0.139. The zero-order chi connectivity index (χ0) is 16.5. The maximum Gasteiger partial charge on any atom is 0.309 e. The molecule has 0 aliphatic rings. The molecule has 0 aromatic heterocycles. The number of hydrogen-bond donors (Lipinski definition) is 2. The van der Waals surface area contributed by atoms with Crippen LogP contribution >= 0.6 is 0 Å². The van der Waals surface area contributed by atoms with Gasteiger partial charge < -0.3 is 15.4 Å². The Bertz CT molecular complexity index is 629. The SMILES string of the molecule is CC(NC(=O)C(=O)NCCOc1ccccc1)c1ccccc1. The minimum absolute atomic E-state index is 0.227. The summed E-state index contributed by atoms with van der Waals surface area (Å²) in [4.78, 5) is 23.6. The quantitative estimate of drug-likeness (QED) is 0.634. The van der Waals surface area contributed by atoms with Crippen molar-refractivity contribution < 1.29 is 14.3 Å². The van der Waals surface area contributed by atoms with Crippen molar-refractivity contribution in [2.45, 2.75) is 13.0 Å². The fraction of sp³-hybridized carbons (Fsp3) is 0.222. The van der Waals surface area contributed by atoms with Crippen LogP contribution in [0.1, 0.15) is 18.5 Å². The van der Waals surface area contributed by atoms with E-state index in [9.17, 15) is 9.59 Å². The third-order valence-corrected chi connectivity index (χ3v) is 3.25. The van der Waals surface area contributed by atoms with Crippen LogP contribution in [0, 0.1) is 0 Å². The molecule has 1 unspecified atom stereocenters. The Morgan fingerprint density at radius 2 is 1.57 bits per heavy atom. The number of ether oxygens (including phenoxy) is 1. The van der Waals surface area contributed by atoms with E-state index in [2.05, 4.69) is 10.6 Å². The average Bonchev–Trinajstić information content (AvgIpc) is 2.60. The predicted octanol–water partition coefficient (Wildman–Crippen LogP) is 2.06. The van der Waals surface area contributed by atoms with Crippen molar-refractivity contribution >= 4 is 11.8 Å². The first-order valence-corrected chi connectivity index (χ1v) is 7.48. The van der Waals surface area contributed by atoms with Crippen LogP contribution in [0.25, 0.3) is 0 Å². The molecule has 2 N–H and O–H groups in total.